The first-order chi connectivity index (χ1) is 10.8. The van der Waals surface area contributed by atoms with Crippen molar-refractivity contribution in [3.8, 4) is 6.07 Å². The Labute approximate surface area is 134 Å². The summed E-state index contributed by atoms with van der Waals surface area (Å²) in [6.45, 7) is 3.02. The van der Waals surface area contributed by atoms with Crippen molar-refractivity contribution in [1.82, 2.24) is 10.3 Å². The van der Waals surface area contributed by atoms with Gasteiger partial charge in [0.2, 0.25) is 0 Å². The van der Waals surface area contributed by atoms with Crippen molar-refractivity contribution in [2.24, 2.45) is 0 Å². The van der Waals surface area contributed by atoms with Crippen molar-refractivity contribution < 1.29 is 0 Å². The van der Waals surface area contributed by atoms with E-state index in [1.807, 2.05) is 24.4 Å². The second-order valence-electron chi connectivity index (χ2n) is 5.23. The molecule has 110 valence electrons. The van der Waals surface area contributed by atoms with E-state index in [4.69, 9.17) is 5.26 Å². The van der Waals surface area contributed by atoms with Crippen molar-refractivity contribution in [3.05, 3.63) is 64.0 Å². The van der Waals surface area contributed by atoms with Crippen molar-refractivity contribution >= 4 is 22.2 Å². The van der Waals surface area contributed by atoms with Gasteiger partial charge in [0.15, 0.2) is 0 Å². The van der Waals surface area contributed by atoms with E-state index in [0.29, 0.717) is 0 Å². The van der Waals surface area contributed by atoms with Gasteiger partial charge in [-0.05, 0) is 43.7 Å². The Bertz CT molecular complexity index is 811. The maximum atomic E-state index is 8.89. The molecule has 0 bridgehead atoms. The van der Waals surface area contributed by atoms with E-state index < -0.39 is 0 Å². The van der Waals surface area contributed by atoms with Crippen molar-refractivity contribution in [2.45, 2.75) is 19.4 Å². The quantitative estimate of drug-likeness (QED) is 0.773. The molecule has 1 N–H and O–H groups in total. The third-order valence-electron chi connectivity index (χ3n) is 3.72. The molecule has 1 aromatic carbocycles. The Balaban J connectivity index is 1.64. The van der Waals surface area contributed by atoms with Crippen LogP contribution in [0.25, 0.3) is 10.9 Å². The van der Waals surface area contributed by atoms with Gasteiger partial charge in [0.25, 0.3) is 0 Å². The highest BCUT2D eigenvalue weighted by atomic mass is 32.1. The Kier molecular flexibility index (Phi) is 4.47. The maximum Gasteiger partial charge on any atom is 0.110 e. The van der Waals surface area contributed by atoms with Gasteiger partial charge in [-0.1, -0.05) is 24.3 Å². The molecule has 0 unspecified atom stereocenters. The molecule has 0 aliphatic rings. The summed E-state index contributed by atoms with van der Waals surface area (Å²) < 4.78 is 0. The maximum absolute atomic E-state index is 8.89. The van der Waals surface area contributed by atoms with Crippen LogP contribution in [0.3, 0.4) is 0 Å². The van der Waals surface area contributed by atoms with E-state index in [1.165, 1.54) is 15.8 Å². The zero-order valence-electron chi connectivity index (χ0n) is 12.4. The van der Waals surface area contributed by atoms with Gasteiger partial charge in [-0.3, -0.25) is 4.98 Å². The van der Waals surface area contributed by atoms with Gasteiger partial charge in [-0.25, -0.2) is 0 Å². The van der Waals surface area contributed by atoms with Gasteiger partial charge in [-0.2, -0.15) is 5.26 Å². The minimum atomic E-state index is 0.259. The van der Waals surface area contributed by atoms with Crippen LogP contribution >= 0.6 is 11.3 Å². The highest BCUT2D eigenvalue weighted by molar-refractivity contribution is 7.12. The summed E-state index contributed by atoms with van der Waals surface area (Å²) in [5.74, 6) is 0. The van der Waals surface area contributed by atoms with Gasteiger partial charge in [0, 0.05) is 22.5 Å². The van der Waals surface area contributed by atoms with Crippen molar-refractivity contribution in [3.63, 3.8) is 0 Å². The minimum Gasteiger partial charge on any atom is -0.309 e. The van der Waals surface area contributed by atoms with Gasteiger partial charge in [0.05, 0.1) is 5.52 Å². The molecule has 0 amide bonds. The third kappa shape index (κ3) is 3.16. The van der Waals surface area contributed by atoms with E-state index in [2.05, 4.69) is 47.6 Å². The highest BCUT2D eigenvalue weighted by Gasteiger charge is 2.08. The predicted molar refractivity (Wildman–Crippen MR) is 90.9 cm³/mol. The summed E-state index contributed by atoms with van der Waals surface area (Å²) in [7, 11) is 0. The molecule has 0 aliphatic heterocycles. The van der Waals surface area contributed by atoms with Crippen LogP contribution in [0.15, 0.2) is 48.7 Å². The number of nitrogens with zero attached hydrogens (tertiary/aromatic N) is 2. The first-order valence-corrected chi connectivity index (χ1v) is 8.15. The number of hydrogen-bond donors (Lipinski definition) is 1. The number of pyridine rings is 1. The Morgan fingerprint density at radius 3 is 2.91 bits per heavy atom. The van der Waals surface area contributed by atoms with Gasteiger partial charge >= 0.3 is 0 Å². The largest absolute Gasteiger partial charge is 0.309 e. The number of hydrogen-bond acceptors (Lipinski definition) is 4. The SMILES string of the molecule is C[C@H](NCCc1cccc2cccnc12)c1ccc(C#N)s1. The lowest BCUT2D eigenvalue weighted by Gasteiger charge is -2.12. The molecule has 1 atom stereocenters. The molecule has 22 heavy (non-hydrogen) atoms. The smallest absolute Gasteiger partial charge is 0.110 e. The van der Waals surface area contributed by atoms with Crippen LogP contribution < -0.4 is 5.32 Å². The molecule has 3 rings (SSSR count). The van der Waals surface area contributed by atoms with E-state index in [0.717, 1.165) is 23.4 Å². The number of para-hydroxylation sites is 1. The molecule has 2 aromatic heterocycles. The summed E-state index contributed by atoms with van der Waals surface area (Å²) in [5.41, 5.74) is 2.35. The first kappa shape index (κ1) is 14.7. The average molecular weight is 307 g/mol. The van der Waals surface area contributed by atoms with Crippen LogP contribution in [0.2, 0.25) is 0 Å². The highest BCUT2D eigenvalue weighted by Crippen LogP contribution is 2.22. The van der Waals surface area contributed by atoms with Crippen LogP contribution in [-0.2, 0) is 6.42 Å². The standard InChI is InChI=1S/C18H17N3S/c1-13(17-8-7-16(12-19)22-17)20-11-9-15-5-2-4-14-6-3-10-21-18(14)15/h2-8,10,13,20H,9,11H2,1H3/t13-/m0/s1. The second-order valence-corrected chi connectivity index (χ2v) is 6.35. The topological polar surface area (TPSA) is 48.7 Å². The van der Waals surface area contributed by atoms with Gasteiger partial charge < -0.3 is 5.32 Å². The van der Waals surface area contributed by atoms with E-state index >= 15 is 0 Å². The second kappa shape index (κ2) is 6.69. The minimum absolute atomic E-state index is 0.259. The lowest BCUT2D eigenvalue weighted by Crippen LogP contribution is -2.20. The molecule has 0 saturated carbocycles. The lowest BCUT2D eigenvalue weighted by atomic mass is 10.1. The van der Waals surface area contributed by atoms with Gasteiger partial charge in [0.1, 0.15) is 10.9 Å². The molecule has 4 heteroatoms. The average Bonchev–Trinajstić information content (AvgIpc) is 3.04. The van der Waals surface area contributed by atoms with Crippen LogP contribution in [0.1, 0.15) is 28.3 Å². The van der Waals surface area contributed by atoms with E-state index in [1.54, 1.807) is 11.3 Å². The molecule has 0 spiro atoms. The molecule has 2 heterocycles. The molecule has 0 radical (unpaired) electrons. The first-order valence-electron chi connectivity index (χ1n) is 7.34. The van der Waals surface area contributed by atoms with Crippen LogP contribution in [0.5, 0.6) is 0 Å². The molecule has 3 aromatic rings. The van der Waals surface area contributed by atoms with Crippen LogP contribution in [0, 0.1) is 11.3 Å². The van der Waals surface area contributed by atoms with Crippen LogP contribution in [0.4, 0.5) is 0 Å². The summed E-state index contributed by atoms with van der Waals surface area (Å²) >= 11 is 1.55. The van der Waals surface area contributed by atoms with Crippen LogP contribution in [-0.4, -0.2) is 11.5 Å². The number of aromatic nitrogens is 1. The summed E-state index contributed by atoms with van der Waals surface area (Å²) in [4.78, 5) is 6.46. The lowest BCUT2D eigenvalue weighted by molar-refractivity contribution is 0.585. The Morgan fingerprint density at radius 2 is 2.09 bits per heavy atom. The summed E-state index contributed by atoms with van der Waals surface area (Å²) in [6.07, 6.45) is 2.78. The zero-order valence-corrected chi connectivity index (χ0v) is 13.2. The summed E-state index contributed by atoms with van der Waals surface area (Å²) in [5, 5.41) is 13.6. The fourth-order valence-corrected chi connectivity index (χ4v) is 3.37. The van der Waals surface area contributed by atoms with E-state index in [9.17, 15) is 0 Å². The number of fused-ring (bicyclic) bond motifs is 1. The Hall–Kier alpha value is -2.22. The van der Waals surface area contributed by atoms with Crippen molar-refractivity contribution in [2.75, 3.05) is 6.54 Å². The monoisotopic (exact) mass is 307 g/mol. The molecule has 0 fully saturated rings. The third-order valence-corrected chi connectivity index (χ3v) is 4.90. The number of thiophene rings is 1. The fraction of sp³-hybridized carbons (Fsp3) is 0.222. The fourth-order valence-electron chi connectivity index (χ4n) is 2.54. The van der Waals surface area contributed by atoms with Gasteiger partial charge in [-0.15, -0.1) is 11.3 Å². The zero-order chi connectivity index (χ0) is 15.4. The molecular weight excluding hydrogens is 290 g/mol. The molecule has 0 saturated heterocycles. The molecule has 3 nitrogen and oxygen atoms in total. The molecular formula is C18H17N3S. The number of nitrogens with one attached hydrogen (secondary N) is 1. The predicted octanol–water partition coefficient (Wildman–Crippen LogP) is 4.06. The number of nitriles is 1. The van der Waals surface area contributed by atoms with Crippen molar-refractivity contribution in [1.29, 1.82) is 5.26 Å². The number of benzene rings is 1. The summed E-state index contributed by atoms with van der Waals surface area (Å²) in [6, 6.07) is 16.7. The van der Waals surface area contributed by atoms with E-state index in [-0.39, 0.29) is 6.04 Å². The Morgan fingerprint density at radius 1 is 1.23 bits per heavy atom. The molecule has 0 aliphatic carbocycles. The number of rotatable bonds is 5. The normalized spacial score (nSPS) is 12.2.